The lowest BCUT2D eigenvalue weighted by Gasteiger charge is -2.15. The molecule has 6 aromatic carbocycles. The van der Waals surface area contributed by atoms with Crippen LogP contribution in [-0.2, 0) is 19.3 Å². The number of nitrogens with zero attached hydrogens (tertiary/aromatic N) is 9. The molecular weight excluding hydrogens is 938 g/mol. The third kappa shape index (κ3) is 7.60. The van der Waals surface area contributed by atoms with Gasteiger partial charge in [-0.3, -0.25) is 0 Å². The molecule has 0 amide bonds. The number of rotatable bonds is 10. The maximum Gasteiger partial charge on any atom is 0.164 e. The van der Waals surface area contributed by atoms with Gasteiger partial charge in [-0.1, -0.05) is 128 Å². The molecule has 0 unspecified atom stereocenters. The van der Waals surface area contributed by atoms with Crippen LogP contribution in [0.4, 0.5) is 0 Å². The molecular formula is C57H40IN9. The van der Waals surface area contributed by atoms with Crippen LogP contribution in [0.15, 0.2) is 152 Å². The third-order valence-corrected chi connectivity index (χ3v) is 13.4. The molecule has 320 valence electrons. The number of benzene rings is 6. The largest absolute Gasteiger partial charge is 0.226 e. The quantitative estimate of drug-likeness (QED) is 0.125. The Bertz CT molecular complexity index is 3680. The SMILES string of the molecule is CCc1ccc(-c2nc3c(c(C)nn3-c3ccccc3CCc3ccc(-c4nc5c(c(C)nn5-c5ccccc5)c(-c5ccccc5I)c4C#N)cc3)c(-c3ccccc3C#N)c2C#N)cc1. The standard InChI is InChI=1S/C57H40IN9/c1-4-37-22-28-40(29-23-37)54-46(33-60)52(44-18-10-8-15-42(44)32-59)50-36(3)65-67(57(50)63-54)49-21-13-9-14-39(49)27-24-38-25-30-41(31-26-38)55-47(34-61)53(45-19-11-12-20-48(45)58)51-35(2)64-66(56(51)62-55)43-16-6-5-7-17-43/h5-23,25-26,28-31H,4,24,27H2,1-3H3. The number of hydrogen-bond donors (Lipinski definition) is 0. The molecule has 0 N–H and O–H groups in total. The smallest absolute Gasteiger partial charge is 0.164 e. The Morgan fingerprint density at radius 2 is 1.04 bits per heavy atom. The summed E-state index contributed by atoms with van der Waals surface area (Å²) in [4.78, 5) is 10.5. The average Bonchev–Trinajstić information content (AvgIpc) is 3.90. The van der Waals surface area contributed by atoms with Crippen molar-refractivity contribution in [1.82, 2.24) is 29.5 Å². The molecule has 4 aromatic heterocycles. The van der Waals surface area contributed by atoms with Gasteiger partial charge in [-0.05, 0) is 108 Å². The van der Waals surface area contributed by atoms with Crippen molar-refractivity contribution in [1.29, 1.82) is 15.8 Å². The third-order valence-electron chi connectivity index (χ3n) is 12.4. The molecule has 0 saturated heterocycles. The molecule has 0 aliphatic rings. The first-order chi connectivity index (χ1) is 32.8. The molecule has 10 aromatic rings. The van der Waals surface area contributed by atoms with E-state index in [2.05, 4.69) is 108 Å². The second-order valence-corrected chi connectivity index (χ2v) is 17.5. The number of pyridine rings is 2. The first-order valence-corrected chi connectivity index (χ1v) is 23.1. The Kier molecular flexibility index (Phi) is 11.5. The van der Waals surface area contributed by atoms with Crippen molar-refractivity contribution in [2.24, 2.45) is 0 Å². The summed E-state index contributed by atoms with van der Waals surface area (Å²) >= 11 is 2.34. The van der Waals surface area contributed by atoms with E-state index in [-0.39, 0.29) is 0 Å². The highest BCUT2D eigenvalue weighted by Crippen LogP contribution is 2.42. The zero-order chi connectivity index (χ0) is 46.2. The van der Waals surface area contributed by atoms with Gasteiger partial charge in [-0.15, -0.1) is 0 Å². The number of fused-ring (bicyclic) bond motifs is 2. The fraction of sp³-hybridized carbons (Fsp3) is 0.105. The minimum Gasteiger partial charge on any atom is -0.226 e. The molecule has 0 aliphatic carbocycles. The lowest BCUT2D eigenvalue weighted by atomic mass is 9.90. The number of halogens is 1. The van der Waals surface area contributed by atoms with Crippen LogP contribution in [0.1, 0.15) is 51.7 Å². The van der Waals surface area contributed by atoms with Crippen molar-refractivity contribution in [3.05, 3.63) is 200 Å². The number of nitriles is 3. The van der Waals surface area contributed by atoms with Crippen LogP contribution in [0.25, 0.3) is 78.2 Å². The molecule has 4 heterocycles. The number of aryl methyl sites for hydroxylation is 5. The molecule has 0 saturated carbocycles. The Morgan fingerprint density at radius 1 is 0.522 bits per heavy atom. The van der Waals surface area contributed by atoms with Gasteiger partial charge in [0.25, 0.3) is 0 Å². The molecule has 0 radical (unpaired) electrons. The van der Waals surface area contributed by atoms with E-state index < -0.39 is 0 Å². The molecule has 10 rings (SSSR count). The van der Waals surface area contributed by atoms with Gasteiger partial charge in [0.05, 0.1) is 67.7 Å². The zero-order valence-electron chi connectivity index (χ0n) is 37.0. The number of hydrogen-bond acceptors (Lipinski definition) is 7. The molecule has 0 aliphatic heterocycles. The number of aromatic nitrogens is 6. The highest BCUT2D eigenvalue weighted by Gasteiger charge is 2.27. The normalized spacial score (nSPS) is 11.1. The summed E-state index contributed by atoms with van der Waals surface area (Å²) in [5.74, 6) is 0. The van der Waals surface area contributed by atoms with Gasteiger partial charge >= 0.3 is 0 Å². The summed E-state index contributed by atoms with van der Waals surface area (Å²) in [6.07, 6.45) is 2.31. The highest BCUT2D eigenvalue weighted by atomic mass is 127. The summed E-state index contributed by atoms with van der Waals surface area (Å²) in [7, 11) is 0. The van der Waals surface area contributed by atoms with E-state index in [1.54, 1.807) is 6.07 Å². The summed E-state index contributed by atoms with van der Waals surface area (Å²) in [5.41, 5.74) is 15.2. The van der Waals surface area contributed by atoms with Crippen molar-refractivity contribution >= 4 is 44.7 Å². The van der Waals surface area contributed by atoms with Crippen LogP contribution < -0.4 is 0 Å². The van der Waals surface area contributed by atoms with Crippen LogP contribution in [0, 0.1) is 51.4 Å². The van der Waals surface area contributed by atoms with Gasteiger partial charge in [0, 0.05) is 31.4 Å². The summed E-state index contributed by atoms with van der Waals surface area (Å²) < 4.78 is 4.80. The van der Waals surface area contributed by atoms with E-state index >= 15 is 0 Å². The lowest BCUT2D eigenvalue weighted by molar-refractivity contribution is 0.848. The Hall–Kier alpha value is -8.24. The van der Waals surface area contributed by atoms with Gasteiger partial charge in [0.1, 0.15) is 12.1 Å². The highest BCUT2D eigenvalue weighted by molar-refractivity contribution is 14.1. The van der Waals surface area contributed by atoms with Crippen molar-refractivity contribution in [2.75, 3.05) is 0 Å². The second-order valence-electron chi connectivity index (χ2n) is 16.4. The van der Waals surface area contributed by atoms with E-state index in [1.165, 1.54) is 5.56 Å². The van der Waals surface area contributed by atoms with E-state index in [0.29, 0.717) is 62.6 Å². The Balaban J connectivity index is 1.05. The van der Waals surface area contributed by atoms with E-state index in [1.807, 2.05) is 108 Å². The van der Waals surface area contributed by atoms with E-state index in [9.17, 15) is 15.8 Å². The van der Waals surface area contributed by atoms with Gasteiger partial charge in [-0.2, -0.15) is 26.0 Å². The Labute approximate surface area is 402 Å². The molecule has 0 fully saturated rings. The summed E-state index contributed by atoms with van der Waals surface area (Å²) in [5, 5.41) is 43.7. The monoisotopic (exact) mass is 977 g/mol. The zero-order valence-corrected chi connectivity index (χ0v) is 39.1. The average molecular weight is 978 g/mol. The van der Waals surface area contributed by atoms with Crippen molar-refractivity contribution in [3.63, 3.8) is 0 Å². The van der Waals surface area contributed by atoms with Crippen LogP contribution in [-0.4, -0.2) is 29.5 Å². The second kappa shape index (κ2) is 18.0. The van der Waals surface area contributed by atoms with Gasteiger partial charge in [0.15, 0.2) is 11.3 Å². The van der Waals surface area contributed by atoms with Crippen LogP contribution in [0.3, 0.4) is 0 Å². The molecule has 0 atom stereocenters. The lowest BCUT2D eigenvalue weighted by Crippen LogP contribution is -2.05. The minimum absolute atomic E-state index is 0.402. The first kappa shape index (κ1) is 42.7. The predicted octanol–water partition coefficient (Wildman–Crippen LogP) is 13.0. The Morgan fingerprint density at radius 3 is 1.66 bits per heavy atom. The maximum atomic E-state index is 10.9. The molecule has 10 heteroatoms. The molecule has 0 spiro atoms. The van der Waals surface area contributed by atoms with E-state index in [0.717, 1.165) is 77.6 Å². The van der Waals surface area contributed by atoms with Crippen LogP contribution >= 0.6 is 22.6 Å². The summed E-state index contributed by atoms with van der Waals surface area (Å²) in [6.45, 7) is 6.02. The minimum atomic E-state index is 0.402. The summed E-state index contributed by atoms with van der Waals surface area (Å²) in [6, 6.07) is 57.6. The van der Waals surface area contributed by atoms with Crippen LogP contribution in [0.5, 0.6) is 0 Å². The first-order valence-electron chi connectivity index (χ1n) is 22.0. The fourth-order valence-electron chi connectivity index (χ4n) is 9.12. The predicted molar refractivity (Wildman–Crippen MR) is 273 cm³/mol. The molecule has 0 bridgehead atoms. The van der Waals surface area contributed by atoms with E-state index in [4.69, 9.17) is 20.2 Å². The van der Waals surface area contributed by atoms with Gasteiger partial charge in [0.2, 0.25) is 0 Å². The van der Waals surface area contributed by atoms with Crippen molar-refractivity contribution in [2.45, 2.75) is 40.0 Å². The van der Waals surface area contributed by atoms with Crippen LogP contribution in [0.2, 0.25) is 0 Å². The maximum absolute atomic E-state index is 10.9. The van der Waals surface area contributed by atoms with Crippen molar-refractivity contribution in [3.8, 4) is 74.4 Å². The topological polar surface area (TPSA) is 133 Å². The molecule has 9 nitrogen and oxygen atoms in total. The van der Waals surface area contributed by atoms with Gasteiger partial charge < -0.3 is 0 Å². The fourth-order valence-corrected chi connectivity index (χ4v) is 9.78. The van der Waals surface area contributed by atoms with Gasteiger partial charge in [-0.25, -0.2) is 19.3 Å². The van der Waals surface area contributed by atoms with Crippen molar-refractivity contribution < 1.29 is 0 Å². The molecule has 67 heavy (non-hydrogen) atoms. The number of para-hydroxylation sites is 2.